The highest BCUT2D eigenvalue weighted by Crippen LogP contribution is 2.24. The van der Waals surface area contributed by atoms with E-state index in [1.54, 1.807) is 11.3 Å². The third kappa shape index (κ3) is 7.02. The lowest BCUT2D eigenvalue weighted by Gasteiger charge is -2.22. The molecule has 0 saturated carbocycles. The minimum atomic E-state index is 0. The second-order valence-electron chi connectivity index (χ2n) is 6.97. The van der Waals surface area contributed by atoms with Gasteiger partial charge in [-0.05, 0) is 37.5 Å². The van der Waals surface area contributed by atoms with E-state index in [4.69, 9.17) is 9.72 Å². The Morgan fingerprint density at radius 1 is 1.28 bits per heavy atom. The summed E-state index contributed by atoms with van der Waals surface area (Å²) in [4.78, 5) is 13.7. The van der Waals surface area contributed by atoms with Gasteiger partial charge in [-0.1, -0.05) is 12.1 Å². The maximum absolute atomic E-state index is 5.51. The summed E-state index contributed by atoms with van der Waals surface area (Å²) in [5.74, 6) is 1.80. The first-order chi connectivity index (χ1) is 13.7. The molecule has 160 valence electrons. The molecule has 29 heavy (non-hydrogen) atoms. The molecule has 0 amide bonds. The third-order valence-electron chi connectivity index (χ3n) is 4.81. The minimum absolute atomic E-state index is 0. The number of benzene rings is 1. The molecule has 1 aliphatic rings. The lowest BCUT2D eigenvalue weighted by molar-refractivity contribution is 0.340. The molecular formula is C21H32IN5OS. The van der Waals surface area contributed by atoms with Gasteiger partial charge in [-0.15, -0.1) is 35.3 Å². The molecule has 2 aromatic rings. The van der Waals surface area contributed by atoms with Crippen molar-refractivity contribution in [2.24, 2.45) is 4.99 Å². The standard InChI is InChI=1S/C21H31N5OS.HI/c1-4-27-19-9-7-17(8-10-19)15-25(3)20(22-2)23-12-11-18-16-28-21(24-18)26-13-5-6-14-26;/h7-10,16H,4-6,11-15H2,1-3H3,(H,22,23);1H. The number of nitrogens with one attached hydrogen (secondary N) is 1. The maximum atomic E-state index is 5.51. The van der Waals surface area contributed by atoms with Gasteiger partial charge >= 0.3 is 0 Å². The summed E-state index contributed by atoms with van der Waals surface area (Å²) in [6.45, 7) is 6.60. The van der Waals surface area contributed by atoms with Crippen LogP contribution < -0.4 is 15.0 Å². The van der Waals surface area contributed by atoms with Crippen molar-refractivity contribution in [2.45, 2.75) is 32.7 Å². The molecule has 0 unspecified atom stereocenters. The largest absolute Gasteiger partial charge is 0.494 e. The Bertz CT molecular complexity index is 759. The first-order valence-electron chi connectivity index (χ1n) is 10.0. The molecule has 0 atom stereocenters. The molecule has 1 aromatic carbocycles. The molecule has 1 saturated heterocycles. The second-order valence-corrected chi connectivity index (χ2v) is 7.81. The van der Waals surface area contributed by atoms with E-state index in [0.717, 1.165) is 50.0 Å². The summed E-state index contributed by atoms with van der Waals surface area (Å²) in [6, 6.07) is 8.24. The van der Waals surface area contributed by atoms with Gasteiger partial charge in [0.2, 0.25) is 0 Å². The lowest BCUT2D eigenvalue weighted by atomic mass is 10.2. The molecule has 2 heterocycles. The summed E-state index contributed by atoms with van der Waals surface area (Å²) >= 11 is 1.76. The Hall–Kier alpha value is -1.55. The van der Waals surface area contributed by atoms with Crippen LogP contribution in [-0.2, 0) is 13.0 Å². The molecule has 1 aromatic heterocycles. The summed E-state index contributed by atoms with van der Waals surface area (Å²) < 4.78 is 5.51. The van der Waals surface area contributed by atoms with Crippen molar-refractivity contribution in [1.29, 1.82) is 0 Å². The van der Waals surface area contributed by atoms with Crippen LogP contribution in [0.5, 0.6) is 5.75 Å². The fraction of sp³-hybridized carbons (Fsp3) is 0.524. The van der Waals surface area contributed by atoms with Gasteiger partial charge in [-0.3, -0.25) is 4.99 Å². The van der Waals surface area contributed by atoms with E-state index in [2.05, 4.69) is 44.7 Å². The number of thiazole rings is 1. The highest BCUT2D eigenvalue weighted by molar-refractivity contribution is 14.0. The van der Waals surface area contributed by atoms with E-state index in [9.17, 15) is 0 Å². The highest BCUT2D eigenvalue weighted by Gasteiger charge is 2.15. The van der Waals surface area contributed by atoms with E-state index in [1.807, 2.05) is 26.1 Å². The van der Waals surface area contributed by atoms with Crippen molar-refractivity contribution in [2.75, 3.05) is 45.2 Å². The molecule has 8 heteroatoms. The smallest absolute Gasteiger partial charge is 0.193 e. The molecule has 0 aliphatic carbocycles. The average molecular weight is 529 g/mol. The number of hydrogen-bond acceptors (Lipinski definition) is 5. The Labute approximate surface area is 195 Å². The monoisotopic (exact) mass is 529 g/mol. The van der Waals surface area contributed by atoms with E-state index < -0.39 is 0 Å². The zero-order valence-electron chi connectivity index (χ0n) is 17.6. The molecule has 0 spiro atoms. The summed E-state index contributed by atoms with van der Waals surface area (Å²) in [6.07, 6.45) is 3.47. The molecule has 3 rings (SSSR count). The van der Waals surface area contributed by atoms with Crippen molar-refractivity contribution in [3.63, 3.8) is 0 Å². The normalized spacial score (nSPS) is 13.9. The van der Waals surface area contributed by atoms with Gasteiger partial charge in [0.1, 0.15) is 5.75 Å². The molecule has 6 nitrogen and oxygen atoms in total. The molecule has 0 bridgehead atoms. The van der Waals surface area contributed by atoms with Crippen LogP contribution >= 0.6 is 35.3 Å². The van der Waals surface area contributed by atoms with Crippen molar-refractivity contribution in [3.05, 3.63) is 40.9 Å². The number of nitrogens with zero attached hydrogens (tertiary/aromatic N) is 4. The first-order valence-corrected chi connectivity index (χ1v) is 10.9. The average Bonchev–Trinajstić information content (AvgIpc) is 3.38. The number of ether oxygens (including phenoxy) is 1. The predicted molar refractivity (Wildman–Crippen MR) is 133 cm³/mol. The number of anilines is 1. The summed E-state index contributed by atoms with van der Waals surface area (Å²) in [5.41, 5.74) is 2.38. The third-order valence-corrected chi connectivity index (χ3v) is 5.76. The van der Waals surface area contributed by atoms with Gasteiger partial charge in [0.05, 0.1) is 12.3 Å². The molecule has 1 aliphatic heterocycles. The van der Waals surface area contributed by atoms with Crippen molar-refractivity contribution >= 4 is 46.4 Å². The van der Waals surface area contributed by atoms with Gasteiger partial charge in [-0.25, -0.2) is 4.98 Å². The number of hydrogen-bond donors (Lipinski definition) is 1. The number of rotatable bonds is 8. The van der Waals surface area contributed by atoms with Crippen LogP contribution in [0.1, 0.15) is 31.0 Å². The predicted octanol–water partition coefficient (Wildman–Crippen LogP) is 4.01. The SMILES string of the molecule is CCOc1ccc(CN(C)C(=NC)NCCc2csc(N3CCCC3)n2)cc1.I. The highest BCUT2D eigenvalue weighted by atomic mass is 127. The van der Waals surface area contributed by atoms with Gasteiger partial charge in [0, 0.05) is 52.1 Å². The Kier molecular flexibility index (Phi) is 9.99. The minimum Gasteiger partial charge on any atom is -0.494 e. The summed E-state index contributed by atoms with van der Waals surface area (Å²) in [7, 11) is 3.88. The molecular weight excluding hydrogens is 497 g/mol. The topological polar surface area (TPSA) is 53.0 Å². The first kappa shape index (κ1) is 23.7. The second kappa shape index (κ2) is 12.2. The zero-order valence-corrected chi connectivity index (χ0v) is 20.7. The van der Waals surface area contributed by atoms with Crippen molar-refractivity contribution in [1.82, 2.24) is 15.2 Å². The fourth-order valence-corrected chi connectivity index (χ4v) is 4.27. The Morgan fingerprint density at radius 3 is 2.66 bits per heavy atom. The van der Waals surface area contributed by atoms with Crippen molar-refractivity contribution in [3.8, 4) is 5.75 Å². The van der Waals surface area contributed by atoms with Crippen LogP contribution in [0.4, 0.5) is 5.13 Å². The van der Waals surface area contributed by atoms with E-state index in [-0.39, 0.29) is 24.0 Å². The maximum Gasteiger partial charge on any atom is 0.193 e. The number of aromatic nitrogens is 1. The van der Waals surface area contributed by atoms with Crippen LogP contribution in [0, 0.1) is 0 Å². The Morgan fingerprint density at radius 2 is 2.00 bits per heavy atom. The quantitative estimate of drug-likeness (QED) is 0.318. The van der Waals surface area contributed by atoms with E-state index in [1.165, 1.54) is 23.5 Å². The van der Waals surface area contributed by atoms with Crippen LogP contribution in [0.3, 0.4) is 0 Å². The van der Waals surface area contributed by atoms with Gasteiger partial charge in [0.25, 0.3) is 0 Å². The van der Waals surface area contributed by atoms with E-state index in [0.29, 0.717) is 6.61 Å². The number of aliphatic imine (C=N–C) groups is 1. The van der Waals surface area contributed by atoms with Crippen LogP contribution in [0.2, 0.25) is 0 Å². The Balaban J connectivity index is 0.00000300. The van der Waals surface area contributed by atoms with Gasteiger partial charge < -0.3 is 19.9 Å². The summed E-state index contributed by atoms with van der Waals surface area (Å²) in [5, 5.41) is 6.80. The molecule has 1 N–H and O–H groups in total. The molecule has 1 fully saturated rings. The van der Waals surface area contributed by atoms with Crippen LogP contribution in [-0.4, -0.2) is 56.2 Å². The lowest BCUT2D eigenvalue weighted by Crippen LogP contribution is -2.39. The van der Waals surface area contributed by atoms with Gasteiger partial charge in [-0.2, -0.15) is 0 Å². The van der Waals surface area contributed by atoms with E-state index >= 15 is 0 Å². The molecule has 0 radical (unpaired) electrons. The zero-order chi connectivity index (χ0) is 19.8. The van der Waals surface area contributed by atoms with Crippen LogP contribution in [0.15, 0.2) is 34.6 Å². The number of halogens is 1. The number of guanidine groups is 1. The van der Waals surface area contributed by atoms with Crippen molar-refractivity contribution < 1.29 is 4.74 Å². The van der Waals surface area contributed by atoms with Gasteiger partial charge in [0.15, 0.2) is 11.1 Å². The van der Waals surface area contributed by atoms with Crippen LogP contribution in [0.25, 0.3) is 0 Å². The fourth-order valence-electron chi connectivity index (χ4n) is 3.36.